The molecule has 2 heterocycles. The molecule has 1 aliphatic heterocycles. The third-order valence-corrected chi connectivity index (χ3v) is 4.63. The van der Waals surface area contributed by atoms with Crippen molar-refractivity contribution >= 4 is 34.4 Å². The standard InChI is InChI=1S/C21H19N3O3/c25-24(26)20-3-1-2-17-7-9-18(22-21(17)20)8-4-16-5-10-19(11-6-16)23-12-14-27-15-13-23/h1-11H,12-15H2/b8-4+. The SMILES string of the molecule is O=[N+]([O-])c1cccc2ccc(/C=C/c3ccc(N4CCOCC4)cc3)nc12. The number of anilines is 1. The summed E-state index contributed by atoms with van der Waals surface area (Å²) in [6.07, 6.45) is 3.84. The molecule has 3 aromatic rings. The van der Waals surface area contributed by atoms with Gasteiger partial charge in [0.15, 0.2) is 0 Å². The Hall–Kier alpha value is -3.25. The number of fused-ring (bicyclic) bond motifs is 1. The van der Waals surface area contributed by atoms with Gasteiger partial charge in [0.2, 0.25) is 0 Å². The van der Waals surface area contributed by atoms with Crippen LogP contribution in [-0.4, -0.2) is 36.2 Å². The van der Waals surface area contributed by atoms with E-state index in [-0.39, 0.29) is 5.69 Å². The normalized spacial score (nSPS) is 14.7. The van der Waals surface area contributed by atoms with Crippen molar-refractivity contribution < 1.29 is 9.66 Å². The summed E-state index contributed by atoms with van der Waals surface area (Å²) in [5, 5.41) is 12.0. The van der Waals surface area contributed by atoms with Crippen LogP contribution in [0.1, 0.15) is 11.3 Å². The number of nitro benzene ring substituents is 1. The summed E-state index contributed by atoms with van der Waals surface area (Å²) in [6, 6.07) is 17.0. The Morgan fingerprint density at radius 3 is 2.52 bits per heavy atom. The van der Waals surface area contributed by atoms with Crippen LogP contribution in [-0.2, 0) is 4.74 Å². The summed E-state index contributed by atoms with van der Waals surface area (Å²) in [5.74, 6) is 0. The zero-order chi connectivity index (χ0) is 18.6. The second kappa shape index (κ2) is 7.55. The minimum absolute atomic E-state index is 0.0256. The van der Waals surface area contributed by atoms with Crippen molar-refractivity contribution in [1.29, 1.82) is 0 Å². The first-order chi connectivity index (χ1) is 13.2. The van der Waals surface area contributed by atoms with Gasteiger partial charge in [-0.05, 0) is 29.8 Å². The highest BCUT2D eigenvalue weighted by atomic mass is 16.6. The van der Waals surface area contributed by atoms with Crippen LogP contribution in [0.25, 0.3) is 23.1 Å². The Kier molecular flexibility index (Phi) is 4.80. The molecule has 1 aliphatic rings. The molecule has 0 amide bonds. The number of hydrogen-bond donors (Lipinski definition) is 0. The fourth-order valence-electron chi connectivity index (χ4n) is 3.19. The lowest BCUT2D eigenvalue weighted by atomic mass is 10.1. The summed E-state index contributed by atoms with van der Waals surface area (Å²) in [4.78, 5) is 17.6. The maximum atomic E-state index is 11.2. The number of morpholine rings is 1. The van der Waals surface area contributed by atoms with Gasteiger partial charge in [0.25, 0.3) is 5.69 Å². The molecule has 0 N–H and O–H groups in total. The lowest BCUT2D eigenvalue weighted by Crippen LogP contribution is -2.36. The van der Waals surface area contributed by atoms with Crippen LogP contribution in [0, 0.1) is 10.1 Å². The Bertz CT molecular complexity index is 993. The fraction of sp³-hybridized carbons (Fsp3) is 0.190. The van der Waals surface area contributed by atoms with E-state index in [2.05, 4.69) is 34.1 Å². The van der Waals surface area contributed by atoms with E-state index in [0.29, 0.717) is 11.2 Å². The van der Waals surface area contributed by atoms with Crippen molar-refractivity contribution in [3.05, 3.63) is 76.0 Å². The minimum atomic E-state index is -0.396. The summed E-state index contributed by atoms with van der Waals surface area (Å²) in [6.45, 7) is 3.35. The van der Waals surface area contributed by atoms with Crippen LogP contribution in [0.2, 0.25) is 0 Å². The summed E-state index contributed by atoms with van der Waals surface area (Å²) in [7, 11) is 0. The van der Waals surface area contributed by atoms with Gasteiger partial charge < -0.3 is 9.64 Å². The van der Waals surface area contributed by atoms with E-state index in [1.165, 1.54) is 11.8 Å². The van der Waals surface area contributed by atoms with Crippen LogP contribution in [0.15, 0.2) is 54.6 Å². The van der Waals surface area contributed by atoms with Crippen molar-refractivity contribution in [3.8, 4) is 0 Å². The number of benzene rings is 2. The smallest absolute Gasteiger partial charge is 0.295 e. The number of para-hydroxylation sites is 1. The van der Waals surface area contributed by atoms with E-state index in [9.17, 15) is 10.1 Å². The number of hydrogen-bond acceptors (Lipinski definition) is 5. The number of aromatic nitrogens is 1. The summed E-state index contributed by atoms with van der Waals surface area (Å²) in [5.41, 5.74) is 3.37. The van der Waals surface area contributed by atoms with E-state index in [4.69, 9.17) is 4.74 Å². The number of non-ortho nitro benzene ring substituents is 1. The maximum Gasteiger partial charge on any atom is 0.295 e. The molecule has 0 bridgehead atoms. The van der Waals surface area contributed by atoms with Gasteiger partial charge in [-0.2, -0.15) is 0 Å². The molecule has 0 unspecified atom stereocenters. The molecule has 0 spiro atoms. The molecule has 4 rings (SSSR count). The number of rotatable bonds is 4. The second-order valence-corrected chi connectivity index (χ2v) is 6.37. The quantitative estimate of drug-likeness (QED) is 0.516. The van der Waals surface area contributed by atoms with Crippen molar-refractivity contribution in [1.82, 2.24) is 4.98 Å². The molecule has 1 fully saturated rings. The van der Waals surface area contributed by atoms with E-state index in [1.807, 2.05) is 30.4 Å². The number of nitrogens with zero attached hydrogens (tertiary/aromatic N) is 3. The first-order valence-electron chi connectivity index (χ1n) is 8.86. The Balaban J connectivity index is 1.55. The summed E-state index contributed by atoms with van der Waals surface area (Å²) >= 11 is 0. The van der Waals surface area contributed by atoms with Gasteiger partial charge in [-0.3, -0.25) is 10.1 Å². The van der Waals surface area contributed by atoms with Gasteiger partial charge in [-0.25, -0.2) is 4.98 Å². The zero-order valence-electron chi connectivity index (χ0n) is 14.7. The van der Waals surface area contributed by atoms with E-state index in [1.54, 1.807) is 6.07 Å². The molecule has 0 aliphatic carbocycles. The van der Waals surface area contributed by atoms with Gasteiger partial charge in [0.05, 0.1) is 23.8 Å². The molecule has 136 valence electrons. The molecule has 6 nitrogen and oxygen atoms in total. The average molecular weight is 361 g/mol. The summed E-state index contributed by atoms with van der Waals surface area (Å²) < 4.78 is 5.38. The van der Waals surface area contributed by atoms with Crippen LogP contribution >= 0.6 is 0 Å². The van der Waals surface area contributed by atoms with Gasteiger partial charge in [0, 0.05) is 30.2 Å². The molecular weight excluding hydrogens is 342 g/mol. The lowest BCUT2D eigenvalue weighted by Gasteiger charge is -2.28. The van der Waals surface area contributed by atoms with Crippen LogP contribution in [0.5, 0.6) is 0 Å². The molecule has 1 saturated heterocycles. The van der Waals surface area contributed by atoms with E-state index in [0.717, 1.165) is 37.3 Å². The maximum absolute atomic E-state index is 11.2. The molecule has 0 radical (unpaired) electrons. The highest BCUT2D eigenvalue weighted by molar-refractivity contribution is 5.88. The van der Waals surface area contributed by atoms with Gasteiger partial charge >= 0.3 is 0 Å². The Morgan fingerprint density at radius 2 is 1.78 bits per heavy atom. The monoisotopic (exact) mass is 361 g/mol. The zero-order valence-corrected chi connectivity index (χ0v) is 14.7. The van der Waals surface area contributed by atoms with Crippen LogP contribution < -0.4 is 4.90 Å². The third kappa shape index (κ3) is 3.80. The van der Waals surface area contributed by atoms with Crippen LogP contribution in [0.3, 0.4) is 0 Å². The third-order valence-electron chi connectivity index (χ3n) is 4.63. The van der Waals surface area contributed by atoms with Crippen molar-refractivity contribution in [2.75, 3.05) is 31.2 Å². The van der Waals surface area contributed by atoms with Gasteiger partial charge in [-0.15, -0.1) is 0 Å². The molecule has 6 heteroatoms. The van der Waals surface area contributed by atoms with E-state index < -0.39 is 4.92 Å². The first-order valence-corrected chi connectivity index (χ1v) is 8.86. The van der Waals surface area contributed by atoms with Crippen LogP contribution in [0.4, 0.5) is 11.4 Å². The Labute approximate surface area is 156 Å². The fourth-order valence-corrected chi connectivity index (χ4v) is 3.19. The molecule has 2 aromatic carbocycles. The molecule has 0 atom stereocenters. The average Bonchev–Trinajstić information content (AvgIpc) is 2.72. The molecule has 1 aromatic heterocycles. The lowest BCUT2D eigenvalue weighted by molar-refractivity contribution is -0.383. The number of nitro groups is 1. The highest BCUT2D eigenvalue weighted by Gasteiger charge is 2.12. The highest BCUT2D eigenvalue weighted by Crippen LogP contribution is 2.24. The first kappa shape index (κ1) is 17.2. The van der Waals surface area contributed by atoms with Crippen molar-refractivity contribution in [2.45, 2.75) is 0 Å². The largest absolute Gasteiger partial charge is 0.378 e. The minimum Gasteiger partial charge on any atom is -0.378 e. The van der Waals surface area contributed by atoms with Gasteiger partial charge in [0.1, 0.15) is 5.52 Å². The topological polar surface area (TPSA) is 68.5 Å². The molecular formula is C21H19N3O3. The van der Waals surface area contributed by atoms with Crippen molar-refractivity contribution in [2.24, 2.45) is 0 Å². The molecule has 0 saturated carbocycles. The number of ether oxygens (including phenoxy) is 1. The Morgan fingerprint density at radius 1 is 1.00 bits per heavy atom. The number of pyridine rings is 1. The second-order valence-electron chi connectivity index (χ2n) is 6.37. The van der Waals surface area contributed by atoms with Crippen molar-refractivity contribution in [3.63, 3.8) is 0 Å². The predicted octanol–water partition coefficient (Wildman–Crippen LogP) is 4.15. The van der Waals surface area contributed by atoms with Gasteiger partial charge in [-0.1, -0.05) is 36.4 Å². The predicted molar refractivity (Wildman–Crippen MR) is 107 cm³/mol. The molecule has 27 heavy (non-hydrogen) atoms. The van der Waals surface area contributed by atoms with E-state index >= 15 is 0 Å².